The maximum absolute atomic E-state index is 9.69. The molecule has 0 heterocycles. The molecular formula is C12H19NO. The van der Waals surface area contributed by atoms with E-state index in [-0.39, 0.29) is 0 Å². The third-order valence-corrected chi connectivity index (χ3v) is 2.56. The molecule has 0 amide bonds. The summed E-state index contributed by atoms with van der Waals surface area (Å²) in [5.41, 5.74) is 3.55. The number of anilines is 1. The van der Waals surface area contributed by atoms with E-state index in [4.69, 9.17) is 0 Å². The van der Waals surface area contributed by atoms with Crippen LogP contribution in [0.4, 0.5) is 5.69 Å². The minimum atomic E-state index is 0.625. The van der Waals surface area contributed by atoms with Crippen molar-refractivity contribution in [3.05, 3.63) is 29.3 Å². The zero-order valence-corrected chi connectivity index (χ0v) is 9.25. The lowest BCUT2D eigenvalue weighted by molar-refractivity contribution is 0.259. The summed E-state index contributed by atoms with van der Waals surface area (Å²) in [5.74, 6) is 0. The van der Waals surface area contributed by atoms with Gasteiger partial charge in [-0.15, -0.1) is 0 Å². The molecule has 0 fully saturated rings. The molecule has 0 aromatic heterocycles. The monoisotopic (exact) mass is 193 g/mol. The van der Waals surface area contributed by atoms with E-state index in [9.17, 15) is 5.21 Å². The zero-order chi connectivity index (χ0) is 10.6. The van der Waals surface area contributed by atoms with Crippen molar-refractivity contribution in [2.24, 2.45) is 0 Å². The van der Waals surface area contributed by atoms with Gasteiger partial charge in [-0.2, -0.15) is 0 Å². The molecule has 0 aliphatic heterocycles. The summed E-state index contributed by atoms with van der Waals surface area (Å²) < 4.78 is 0. The summed E-state index contributed by atoms with van der Waals surface area (Å²) in [7, 11) is 0. The van der Waals surface area contributed by atoms with Crippen LogP contribution in [0.1, 0.15) is 31.9 Å². The molecule has 1 rings (SSSR count). The first-order valence-electron chi connectivity index (χ1n) is 5.31. The molecule has 0 saturated heterocycles. The van der Waals surface area contributed by atoms with Crippen LogP contribution in [0.3, 0.4) is 0 Å². The smallest absolute Gasteiger partial charge is 0.0668 e. The molecule has 0 saturated carbocycles. The van der Waals surface area contributed by atoms with Crippen LogP contribution >= 0.6 is 0 Å². The van der Waals surface area contributed by atoms with E-state index < -0.39 is 0 Å². The predicted octanol–water partition coefficient (Wildman–Crippen LogP) is 3.03. The van der Waals surface area contributed by atoms with Crippen molar-refractivity contribution in [3.8, 4) is 0 Å². The summed E-state index contributed by atoms with van der Waals surface area (Å²) in [5, 5.41) is 11.0. The number of hydrogen-bond acceptors (Lipinski definition) is 2. The molecule has 78 valence electrons. The Morgan fingerprint density at radius 3 is 2.36 bits per heavy atom. The number of hydrogen-bond donors (Lipinski definition) is 1. The van der Waals surface area contributed by atoms with Crippen molar-refractivity contribution in [1.82, 2.24) is 0 Å². The SMILES string of the molecule is CCc1cccc(N(O)CC)c1CC. The van der Waals surface area contributed by atoms with Crippen molar-refractivity contribution in [2.45, 2.75) is 33.6 Å². The van der Waals surface area contributed by atoms with Gasteiger partial charge in [0.25, 0.3) is 0 Å². The normalized spacial score (nSPS) is 10.3. The van der Waals surface area contributed by atoms with E-state index in [1.807, 2.05) is 19.1 Å². The van der Waals surface area contributed by atoms with Gasteiger partial charge in [0.2, 0.25) is 0 Å². The highest BCUT2D eigenvalue weighted by molar-refractivity contribution is 5.55. The van der Waals surface area contributed by atoms with Crippen LogP contribution in [-0.4, -0.2) is 11.8 Å². The Morgan fingerprint density at radius 1 is 1.14 bits per heavy atom. The second kappa shape index (κ2) is 5.01. The van der Waals surface area contributed by atoms with Gasteiger partial charge in [-0.25, -0.2) is 0 Å². The number of benzene rings is 1. The van der Waals surface area contributed by atoms with Gasteiger partial charge in [0.1, 0.15) is 0 Å². The van der Waals surface area contributed by atoms with Crippen molar-refractivity contribution in [1.29, 1.82) is 0 Å². The average Bonchev–Trinajstić information content (AvgIpc) is 2.26. The van der Waals surface area contributed by atoms with Gasteiger partial charge in [0.05, 0.1) is 5.69 Å². The Morgan fingerprint density at radius 2 is 1.86 bits per heavy atom. The first-order chi connectivity index (χ1) is 6.74. The molecule has 2 nitrogen and oxygen atoms in total. The van der Waals surface area contributed by atoms with Gasteiger partial charge < -0.3 is 0 Å². The summed E-state index contributed by atoms with van der Waals surface area (Å²) in [6.07, 6.45) is 1.99. The lowest BCUT2D eigenvalue weighted by atomic mass is 10.0. The van der Waals surface area contributed by atoms with E-state index in [0.29, 0.717) is 6.54 Å². The van der Waals surface area contributed by atoms with Crippen LogP contribution in [0.2, 0.25) is 0 Å². The standard InChI is InChI=1S/C12H19NO/c1-4-10-8-7-9-12(11(10)5-2)13(14)6-3/h7-9,14H,4-6H2,1-3H3. The van der Waals surface area contributed by atoms with Crippen LogP contribution in [-0.2, 0) is 12.8 Å². The second-order valence-corrected chi connectivity index (χ2v) is 3.34. The van der Waals surface area contributed by atoms with Gasteiger partial charge in [-0.05, 0) is 37.0 Å². The number of aryl methyl sites for hydroxylation is 1. The number of rotatable bonds is 4. The highest BCUT2D eigenvalue weighted by atomic mass is 16.5. The van der Waals surface area contributed by atoms with Gasteiger partial charge >= 0.3 is 0 Å². The van der Waals surface area contributed by atoms with Crippen LogP contribution in [0.5, 0.6) is 0 Å². The maximum Gasteiger partial charge on any atom is 0.0668 e. The van der Waals surface area contributed by atoms with Gasteiger partial charge in [0, 0.05) is 6.54 Å². The minimum Gasteiger partial charge on any atom is -0.288 e. The summed E-state index contributed by atoms with van der Waals surface area (Å²) in [6, 6.07) is 6.11. The van der Waals surface area contributed by atoms with Crippen LogP contribution < -0.4 is 5.06 Å². The molecule has 0 aliphatic rings. The van der Waals surface area contributed by atoms with Crippen molar-refractivity contribution in [3.63, 3.8) is 0 Å². The Bertz CT molecular complexity index is 296. The van der Waals surface area contributed by atoms with Crippen LogP contribution in [0.25, 0.3) is 0 Å². The highest BCUT2D eigenvalue weighted by Gasteiger charge is 2.08. The first-order valence-corrected chi connectivity index (χ1v) is 5.31. The maximum atomic E-state index is 9.69. The van der Waals surface area contributed by atoms with Crippen molar-refractivity contribution >= 4 is 5.69 Å². The number of nitrogens with zero attached hydrogens (tertiary/aromatic N) is 1. The predicted molar refractivity (Wildman–Crippen MR) is 60.0 cm³/mol. The molecule has 0 unspecified atom stereocenters. The molecule has 1 aromatic carbocycles. The topological polar surface area (TPSA) is 23.5 Å². The third kappa shape index (κ3) is 2.07. The molecule has 0 bridgehead atoms. The lowest BCUT2D eigenvalue weighted by Gasteiger charge is -2.20. The van der Waals surface area contributed by atoms with Crippen molar-refractivity contribution < 1.29 is 5.21 Å². The van der Waals surface area contributed by atoms with Gasteiger partial charge in [-0.1, -0.05) is 26.0 Å². The quantitative estimate of drug-likeness (QED) is 0.743. The third-order valence-electron chi connectivity index (χ3n) is 2.56. The Kier molecular flexibility index (Phi) is 3.96. The Balaban J connectivity index is 3.14. The Labute approximate surface area is 86.1 Å². The molecule has 0 spiro atoms. The first kappa shape index (κ1) is 11.1. The molecule has 1 N–H and O–H groups in total. The van der Waals surface area contributed by atoms with Gasteiger partial charge in [-0.3, -0.25) is 10.3 Å². The lowest BCUT2D eigenvalue weighted by Crippen LogP contribution is -2.19. The molecule has 14 heavy (non-hydrogen) atoms. The Hall–Kier alpha value is -1.02. The molecule has 0 radical (unpaired) electrons. The number of hydroxylamine groups is 1. The molecule has 2 heteroatoms. The highest BCUT2D eigenvalue weighted by Crippen LogP contribution is 2.23. The van der Waals surface area contributed by atoms with E-state index in [1.54, 1.807) is 0 Å². The van der Waals surface area contributed by atoms with Crippen LogP contribution in [0.15, 0.2) is 18.2 Å². The summed E-state index contributed by atoms with van der Waals surface area (Å²) >= 11 is 0. The fourth-order valence-electron chi connectivity index (χ4n) is 1.77. The van der Waals surface area contributed by atoms with E-state index in [0.717, 1.165) is 18.5 Å². The molecule has 0 aliphatic carbocycles. The van der Waals surface area contributed by atoms with E-state index >= 15 is 0 Å². The van der Waals surface area contributed by atoms with E-state index in [1.165, 1.54) is 16.2 Å². The molecule has 1 aromatic rings. The summed E-state index contributed by atoms with van der Waals surface area (Å²) in [6.45, 7) is 6.84. The molecular weight excluding hydrogens is 174 g/mol. The average molecular weight is 193 g/mol. The zero-order valence-electron chi connectivity index (χ0n) is 9.25. The summed E-state index contributed by atoms with van der Waals surface area (Å²) in [4.78, 5) is 0. The second-order valence-electron chi connectivity index (χ2n) is 3.34. The fourth-order valence-corrected chi connectivity index (χ4v) is 1.77. The largest absolute Gasteiger partial charge is 0.288 e. The van der Waals surface area contributed by atoms with E-state index in [2.05, 4.69) is 19.9 Å². The van der Waals surface area contributed by atoms with Crippen LogP contribution in [0, 0.1) is 0 Å². The van der Waals surface area contributed by atoms with Gasteiger partial charge in [0.15, 0.2) is 0 Å². The minimum absolute atomic E-state index is 0.625. The fraction of sp³-hybridized carbons (Fsp3) is 0.500. The van der Waals surface area contributed by atoms with Crippen molar-refractivity contribution in [2.75, 3.05) is 11.6 Å². The molecule has 0 atom stereocenters.